The van der Waals surface area contributed by atoms with Gasteiger partial charge in [0.25, 0.3) is 5.91 Å². The average molecular weight is 1970 g/mol. The summed E-state index contributed by atoms with van der Waals surface area (Å²) in [6.45, 7) is 34.9. The minimum atomic E-state index is -2.04. The van der Waals surface area contributed by atoms with Gasteiger partial charge in [-0.15, -0.1) is 10.2 Å². The molecular weight excluding hydrogens is 1820 g/mol. The van der Waals surface area contributed by atoms with Crippen LogP contribution >= 0.6 is 0 Å². The molecule has 1 unspecified atom stereocenters. The number of unbranched alkanes of at least 4 members (excludes halogenated alkanes) is 2. The Bertz CT molecular complexity index is 5440. The maximum atomic E-state index is 16.3. The van der Waals surface area contributed by atoms with E-state index in [1.807, 2.05) is 56.3 Å². The van der Waals surface area contributed by atoms with Crippen molar-refractivity contribution in [3.05, 3.63) is 184 Å². The number of benzene rings is 6. The van der Waals surface area contributed by atoms with E-state index < -0.39 is 234 Å². The van der Waals surface area contributed by atoms with Crippen LogP contribution in [0.4, 0.5) is 4.39 Å². The number of esters is 1. The molecule has 7 rings (SSSR count). The lowest BCUT2D eigenvalue weighted by atomic mass is 9.76. The number of aromatic amines is 1. The zero-order valence-corrected chi connectivity index (χ0v) is 87.0. The highest BCUT2D eigenvalue weighted by atomic mass is 19.1. The van der Waals surface area contributed by atoms with Gasteiger partial charge in [0.15, 0.2) is 41.3 Å². The van der Waals surface area contributed by atoms with E-state index in [0.29, 0.717) is 59.8 Å². The van der Waals surface area contributed by atoms with Crippen LogP contribution in [0.3, 0.4) is 0 Å². The number of halogens is 1. The third-order valence-electron chi connectivity index (χ3n) is 24.1. The second kappa shape index (κ2) is 53.0. The predicted octanol–water partition coefficient (Wildman–Crippen LogP) is 13.8. The summed E-state index contributed by atoms with van der Waals surface area (Å²) in [5, 5.41) is 27.6. The zero-order valence-electron chi connectivity index (χ0n) is 87.0. The van der Waals surface area contributed by atoms with Gasteiger partial charge >= 0.3 is 5.97 Å². The molecule has 7 aromatic rings. The summed E-state index contributed by atoms with van der Waals surface area (Å²) in [7, 11) is 3.00. The maximum Gasteiger partial charge on any atom is 0.308 e. The second-order valence-electron chi connectivity index (χ2n) is 41.6. The van der Waals surface area contributed by atoms with E-state index in [0.717, 1.165) is 64.5 Å². The first kappa shape index (κ1) is 116. The van der Waals surface area contributed by atoms with Crippen LogP contribution in [0.2, 0.25) is 0 Å². The van der Waals surface area contributed by atoms with E-state index >= 15 is 38.0 Å². The Kier molecular flexibility index (Phi) is 43.5. The number of primary amides is 2. The molecule has 0 spiro atoms. The number of rotatable bonds is 58. The standard InChI is InChI=1S/C109H150FN11O21/c1-24-26-29-49-137-79-44-45-80(71(25-2)54-79)72-37-35-69(36-38-72)53-75(99(130)113-84(34-30-31-70-51-65(3)50-66(4)52-70)89(124)58-82(81-46-43-78(135-22)57-92(81)136-23)73-39-41-77(42-40-73)138-64-93(111)127)55-88(123)86(60-96(129)142-107(16,17)18)114-100(131)76(63-139-104(7,8)9)56-90(125)97(67(5)140-105(10,11)12)117-103(134)109(21,61-74-32-27-28-33-83(74)110)62-91(126)98(68(6)141-106(13,14)15)116-95(128)48-47-87(122)85(59-94-118-120-121-119-94)115-102(133)108(19,20)101(112)132/h27-28,32-33,35-46,50-52,54,57,67-68,75-76,82,84-86,97-98H,24-26,29-31,34,47-49,53,55-56,58-64H2,1-23H3,(H2,111,127)(H2,112,132)(H,113,130)(H,114,131)(H,115,133)(H,116,128)(H,117,134)(H,118,119,120,121)/t67-,68-,75-,76+,82?,84+,85+,86+,97+,98+,109-/m1/s1. The van der Waals surface area contributed by atoms with Gasteiger partial charge in [-0.25, -0.2) is 4.39 Å². The smallest absolute Gasteiger partial charge is 0.308 e. The van der Waals surface area contributed by atoms with Crippen molar-refractivity contribution in [3.63, 3.8) is 0 Å². The fourth-order valence-electron chi connectivity index (χ4n) is 16.8. The molecule has 1 heterocycles. The molecule has 33 heteroatoms. The normalized spacial score (nSPS) is 14.5. The van der Waals surface area contributed by atoms with Crippen LogP contribution in [0.5, 0.6) is 23.0 Å². The number of amides is 7. The molecule has 7 amide bonds. The number of carbonyl (C=O) groups excluding carboxylic acids is 13. The Morgan fingerprint density at radius 2 is 1.13 bits per heavy atom. The molecule has 774 valence electrons. The Hall–Kier alpha value is -12.5. The van der Waals surface area contributed by atoms with Crippen LogP contribution in [0.15, 0.2) is 127 Å². The van der Waals surface area contributed by atoms with Crippen LogP contribution in [0, 0.1) is 42.3 Å². The number of hydrogen-bond acceptors (Lipinski definition) is 24. The summed E-state index contributed by atoms with van der Waals surface area (Å²) in [5.41, 5.74) is 10.6. The first-order valence-electron chi connectivity index (χ1n) is 48.8. The van der Waals surface area contributed by atoms with Gasteiger partial charge in [-0.05, 0) is 245 Å². The van der Waals surface area contributed by atoms with Crippen molar-refractivity contribution in [3.8, 4) is 34.1 Å². The van der Waals surface area contributed by atoms with Crippen molar-refractivity contribution >= 4 is 76.2 Å². The van der Waals surface area contributed by atoms with Gasteiger partial charge in [0, 0.05) is 68.4 Å². The minimum absolute atomic E-state index is 0.00485. The average Bonchev–Trinajstić information content (AvgIpc) is 0.897. The highest BCUT2D eigenvalue weighted by molar-refractivity contribution is 6.05. The number of aryl methyl sites for hydroxylation is 4. The van der Waals surface area contributed by atoms with Crippen LogP contribution in [0.1, 0.15) is 265 Å². The van der Waals surface area contributed by atoms with E-state index in [1.165, 1.54) is 67.0 Å². The molecule has 0 fully saturated rings. The molecule has 11 atom stereocenters. The first-order valence-corrected chi connectivity index (χ1v) is 48.8. The van der Waals surface area contributed by atoms with Gasteiger partial charge in [0.05, 0.1) is 92.3 Å². The van der Waals surface area contributed by atoms with Gasteiger partial charge in [0.1, 0.15) is 51.9 Å². The van der Waals surface area contributed by atoms with Crippen molar-refractivity contribution in [1.82, 2.24) is 47.2 Å². The highest BCUT2D eigenvalue weighted by Crippen LogP contribution is 2.40. The summed E-state index contributed by atoms with van der Waals surface area (Å²) < 4.78 is 64.7. The molecule has 0 aliphatic heterocycles. The number of nitrogens with zero attached hydrogens (tertiary/aromatic N) is 3. The lowest BCUT2D eigenvalue weighted by Gasteiger charge is -2.36. The number of aromatic nitrogens is 4. The summed E-state index contributed by atoms with van der Waals surface area (Å²) >= 11 is 0. The molecule has 0 radical (unpaired) electrons. The van der Waals surface area contributed by atoms with E-state index in [2.05, 4.69) is 79.3 Å². The van der Waals surface area contributed by atoms with Crippen molar-refractivity contribution in [2.45, 2.75) is 325 Å². The topological polar surface area (TPSA) is 462 Å². The largest absolute Gasteiger partial charge is 0.497 e. The summed E-state index contributed by atoms with van der Waals surface area (Å²) in [6, 6.07) is 29.5. The van der Waals surface area contributed by atoms with Gasteiger partial charge in [0.2, 0.25) is 35.4 Å². The highest BCUT2D eigenvalue weighted by Gasteiger charge is 2.46. The molecule has 0 saturated heterocycles. The first-order chi connectivity index (χ1) is 66.5. The number of ether oxygens (including phenoxy) is 8. The van der Waals surface area contributed by atoms with Gasteiger partial charge < -0.3 is 75.9 Å². The number of tetrazole rings is 1. The quantitative estimate of drug-likeness (QED) is 0.00997. The molecular formula is C109H150FN11O21. The van der Waals surface area contributed by atoms with Crippen LogP contribution in [-0.2, 0) is 113 Å². The number of methoxy groups -OCH3 is 2. The summed E-state index contributed by atoms with van der Waals surface area (Å²) in [5.74, 6) is -13.1. The van der Waals surface area contributed by atoms with E-state index in [4.69, 9.17) is 49.4 Å². The number of H-pyrrole nitrogens is 1. The second-order valence-corrected chi connectivity index (χ2v) is 41.6. The Balaban J connectivity index is 1.30. The zero-order chi connectivity index (χ0) is 106. The number of nitrogens with one attached hydrogen (secondary N) is 6. The van der Waals surface area contributed by atoms with Crippen molar-refractivity contribution < 1.29 is 105 Å². The Labute approximate surface area is 834 Å². The van der Waals surface area contributed by atoms with Gasteiger partial charge in [-0.1, -0.05) is 135 Å². The van der Waals surface area contributed by atoms with E-state index in [1.54, 1.807) is 126 Å². The number of Topliss-reactive ketones (excluding diaryl/α,β-unsaturated/α-hetero) is 5. The third-order valence-corrected chi connectivity index (χ3v) is 24.1. The maximum absolute atomic E-state index is 16.3. The minimum Gasteiger partial charge on any atom is -0.497 e. The van der Waals surface area contributed by atoms with Crippen LogP contribution in [0.25, 0.3) is 11.1 Å². The molecule has 10 N–H and O–H groups in total. The lowest BCUT2D eigenvalue weighted by Crippen LogP contribution is -2.57. The third kappa shape index (κ3) is 37.7. The molecule has 0 saturated carbocycles. The summed E-state index contributed by atoms with van der Waals surface area (Å²) in [4.78, 5) is 192. The van der Waals surface area contributed by atoms with Crippen molar-refractivity contribution in [2.75, 3.05) is 34.0 Å². The Morgan fingerprint density at radius 1 is 0.521 bits per heavy atom. The van der Waals surface area contributed by atoms with Crippen molar-refractivity contribution in [1.29, 1.82) is 0 Å². The SMILES string of the molecule is CCCCCOc1ccc(-c2ccc(C[C@H](CC(=O)[C@H](CC(=O)OC(C)(C)C)NC(=O)[C@H](COC(C)(C)C)CC(=O)[C@@H](NC(=O)[C@@](C)(CC(=O)[C@@H](NC(=O)CCC(=O)[C@H](Cc3nn[nH]n3)NC(=O)C(C)(C)C(N)=O)[C@@H](C)OC(C)(C)C)Cc3ccccc3F)[C@@H](C)OC(C)(C)C)C(=O)N[C@@H](CCCc3cc(C)cc(C)c3)C(=O)CC(c3ccc(OCC(N)=O)cc3)c3ccc(OC)cc3OC)cc2)c(CC)c1. The molecule has 0 aliphatic rings. The summed E-state index contributed by atoms with van der Waals surface area (Å²) in [6.07, 6.45) is -3.10. The monoisotopic (exact) mass is 1970 g/mol. The molecule has 32 nitrogen and oxygen atoms in total. The number of carbonyl (C=O) groups is 13. The van der Waals surface area contributed by atoms with Gasteiger partial charge in [-0.3, -0.25) is 62.3 Å². The fourth-order valence-corrected chi connectivity index (χ4v) is 16.8. The van der Waals surface area contributed by atoms with Crippen molar-refractivity contribution in [2.24, 2.45) is 34.1 Å². The van der Waals surface area contributed by atoms with E-state index in [9.17, 15) is 28.8 Å². The molecule has 142 heavy (non-hydrogen) atoms. The molecule has 0 bridgehead atoms. The molecule has 6 aromatic carbocycles. The number of ketones is 5. The van der Waals surface area contributed by atoms with E-state index in [-0.39, 0.29) is 37.1 Å². The Morgan fingerprint density at radius 3 is 1.70 bits per heavy atom. The van der Waals surface area contributed by atoms with Gasteiger partial charge in [-0.2, -0.15) is 5.21 Å². The predicted molar refractivity (Wildman–Crippen MR) is 537 cm³/mol. The van der Waals surface area contributed by atoms with Crippen LogP contribution < -0.4 is 57.0 Å². The molecule has 0 aliphatic carbocycles. The number of hydrogen-bond donors (Lipinski definition) is 8. The van der Waals surface area contributed by atoms with Crippen LogP contribution in [-0.4, -0.2) is 196 Å². The number of nitrogens with two attached hydrogens (primary N) is 2. The fraction of sp³-hybridized carbons (Fsp3) is 0.541. The lowest BCUT2D eigenvalue weighted by molar-refractivity contribution is -0.157. The molecule has 1 aromatic heterocycles.